The van der Waals surface area contributed by atoms with Crippen molar-refractivity contribution in [3.8, 4) is 0 Å². The molecule has 0 unspecified atom stereocenters. The molecule has 112 valence electrons. The van der Waals surface area contributed by atoms with Crippen LogP contribution >= 0.6 is 11.6 Å². The second-order valence-electron chi connectivity index (χ2n) is 5.24. The maximum absolute atomic E-state index is 5.97. The van der Waals surface area contributed by atoms with E-state index < -0.39 is 0 Å². The molecule has 1 aromatic carbocycles. The first-order valence-corrected chi connectivity index (χ1v) is 7.49. The van der Waals surface area contributed by atoms with Crippen LogP contribution in [0.15, 0.2) is 28.8 Å². The molecule has 6 heteroatoms. The monoisotopic (exact) mass is 307 g/mol. The zero-order valence-electron chi connectivity index (χ0n) is 11.9. The van der Waals surface area contributed by atoms with Crippen molar-refractivity contribution in [2.75, 3.05) is 13.2 Å². The Morgan fingerprint density at radius 1 is 1.33 bits per heavy atom. The summed E-state index contributed by atoms with van der Waals surface area (Å²) in [6.45, 7) is 3.34. The lowest BCUT2D eigenvalue weighted by molar-refractivity contribution is 0.0675. The number of benzene rings is 1. The highest BCUT2D eigenvalue weighted by molar-refractivity contribution is 6.30. The minimum absolute atomic E-state index is 0.119. The van der Waals surface area contributed by atoms with Crippen molar-refractivity contribution in [2.45, 2.75) is 31.8 Å². The Balaban J connectivity index is 1.84. The van der Waals surface area contributed by atoms with Gasteiger partial charge >= 0.3 is 0 Å². The second-order valence-corrected chi connectivity index (χ2v) is 5.67. The molecule has 1 N–H and O–H groups in total. The Morgan fingerprint density at radius 2 is 2.14 bits per heavy atom. The van der Waals surface area contributed by atoms with Crippen LogP contribution in [0.1, 0.15) is 36.2 Å². The fraction of sp³-hybridized carbons (Fsp3) is 0.467. The molecular formula is C15H18ClN3O2. The summed E-state index contributed by atoms with van der Waals surface area (Å²) in [5.41, 5.74) is 1.06. The third-order valence-electron chi connectivity index (χ3n) is 3.57. The fourth-order valence-electron chi connectivity index (χ4n) is 2.52. The summed E-state index contributed by atoms with van der Waals surface area (Å²) in [6.07, 6.45) is 2.15. The number of halogens is 1. The SMILES string of the molecule is Cc1nc([C@H](N[C@H]2CCCOC2)c2ccc(Cl)cc2)no1. The van der Waals surface area contributed by atoms with E-state index in [1.807, 2.05) is 24.3 Å². The van der Waals surface area contributed by atoms with Crippen molar-refractivity contribution in [3.05, 3.63) is 46.6 Å². The normalized spacial score (nSPS) is 20.4. The van der Waals surface area contributed by atoms with Gasteiger partial charge in [0, 0.05) is 24.6 Å². The van der Waals surface area contributed by atoms with Crippen molar-refractivity contribution in [3.63, 3.8) is 0 Å². The summed E-state index contributed by atoms with van der Waals surface area (Å²) in [5.74, 6) is 1.20. The molecule has 1 saturated heterocycles. The van der Waals surface area contributed by atoms with Crippen molar-refractivity contribution < 1.29 is 9.26 Å². The van der Waals surface area contributed by atoms with Crippen LogP contribution in [-0.2, 0) is 4.74 Å². The summed E-state index contributed by atoms with van der Waals surface area (Å²) in [7, 11) is 0. The average molecular weight is 308 g/mol. The smallest absolute Gasteiger partial charge is 0.223 e. The Bertz CT molecular complexity index is 579. The van der Waals surface area contributed by atoms with E-state index in [4.69, 9.17) is 20.9 Å². The molecule has 5 nitrogen and oxygen atoms in total. The van der Waals surface area contributed by atoms with Crippen LogP contribution in [0.3, 0.4) is 0 Å². The Morgan fingerprint density at radius 3 is 2.76 bits per heavy atom. The molecule has 0 radical (unpaired) electrons. The Hall–Kier alpha value is -1.43. The van der Waals surface area contributed by atoms with Crippen LogP contribution in [0.2, 0.25) is 5.02 Å². The van der Waals surface area contributed by atoms with Gasteiger partial charge in [0.2, 0.25) is 5.89 Å². The molecular weight excluding hydrogens is 290 g/mol. The van der Waals surface area contributed by atoms with E-state index in [2.05, 4.69) is 15.5 Å². The summed E-state index contributed by atoms with van der Waals surface area (Å²) in [6, 6.07) is 7.88. The van der Waals surface area contributed by atoms with Crippen LogP contribution in [-0.4, -0.2) is 29.4 Å². The van der Waals surface area contributed by atoms with Crippen molar-refractivity contribution in [2.24, 2.45) is 0 Å². The van der Waals surface area contributed by atoms with Crippen molar-refractivity contribution in [1.82, 2.24) is 15.5 Å². The first kappa shape index (κ1) is 14.5. The average Bonchev–Trinajstić information content (AvgIpc) is 2.93. The lowest BCUT2D eigenvalue weighted by Gasteiger charge is -2.27. The van der Waals surface area contributed by atoms with Gasteiger partial charge in [0.25, 0.3) is 0 Å². The number of rotatable bonds is 4. The van der Waals surface area contributed by atoms with E-state index in [0.717, 1.165) is 25.0 Å². The van der Waals surface area contributed by atoms with Gasteiger partial charge in [0.1, 0.15) is 0 Å². The van der Waals surface area contributed by atoms with E-state index in [9.17, 15) is 0 Å². The summed E-state index contributed by atoms with van der Waals surface area (Å²) >= 11 is 5.97. The number of hydrogen-bond donors (Lipinski definition) is 1. The minimum Gasteiger partial charge on any atom is -0.380 e. The molecule has 0 saturated carbocycles. The van der Waals surface area contributed by atoms with Crippen LogP contribution in [0.25, 0.3) is 0 Å². The first-order chi connectivity index (χ1) is 10.2. The Labute approximate surface area is 128 Å². The molecule has 3 rings (SSSR count). The highest BCUT2D eigenvalue weighted by atomic mass is 35.5. The number of aryl methyl sites for hydroxylation is 1. The topological polar surface area (TPSA) is 60.2 Å². The van der Waals surface area contributed by atoms with E-state index in [-0.39, 0.29) is 6.04 Å². The molecule has 1 aliphatic heterocycles. The molecule has 2 heterocycles. The molecule has 21 heavy (non-hydrogen) atoms. The number of nitrogens with one attached hydrogen (secondary N) is 1. The Kier molecular flexibility index (Phi) is 4.53. The molecule has 2 atom stereocenters. The molecule has 0 bridgehead atoms. The quantitative estimate of drug-likeness (QED) is 0.941. The van der Waals surface area contributed by atoms with Crippen molar-refractivity contribution >= 4 is 11.6 Å². The van der Waals surface area contributed by atoms with Gasteiger partial charge in [-0.3, -0.25) is 5.32 Å². The second kappa shape index (κ2) is 6.56. The zero-order chi connectivity index (χ0) is 14.7. The lowest BCUT2D eigenvalue weighted by atomic mass is 10.0. The van der Waals surface area contributed by atoms with Gasteiger partial charge in [0.15, 0.2) is 5.82 Å². The number of nitrogens with zero attached hydrogens (tertiary/aromatic N) is 2. The van der Waals surface area contributed by atoms with Gasteiger partial charge in [-0.2, -0.15) is 4.98 Å². The van der Waals surface area contributed by atoms with Crippen LogP contribution in [0, 0.1) is 6.92 Å². The van der Waals surface area contributed by atoms with Gasteiger partial charge in [-0.05, 0) is 30.5 Å². The highest BCUT2D eigenvalue weighted by Crippen LogP contribution is 2.23. The minimum atomic E-state index is -0.119. The van der Waals surface area contributed by atoms with Gasteiger partial charge in [-0.15, -0.1) is 0 Å². The predicted molar refractivity (Wildman–Crippen MR) is 79.3 cm³/mol. The largest absolute Gasteiger partial charge is 0.380 e. The van der Waals surface area contributed by atoms with Gasteiger partial charge in [-0.1, -0.05) is 28.9 Å². The maximum Gasteiger partial charge on any atom is 0.223 e. The number of ether oxygens (including phenoxy) is 1. The summed E-state index contributed by atoms with van der Waals surface area (Å²) in [5, 5.41) is 8.34. The standard InChI is InChI=1S/C15H18ClN3O2/c1-10-17-15(19-21-10)14(11-4-6-12(16)7-5-11)18-13-3-2-8-20-9-13/h4-7,13-14,18H,2-3,8-9H2,1H3/t13-,14+/m0/s1. The number of hydrogen-bond acceptors (Lipinski definition) is 5. The van der Waals surface area contributed by atoms with E-state index in [1.54, 1.807) is 6.92 Å². The van der Waals surface area contributed by atoms with E-state index in [1.165, 1.54) is 0 Å². The molecule has 1 aliphatic rings. The molecule has 0 amide bonds. The fourth-order valence-corrected chi connectivity index (χ4v) is 2.64. The molecule has 0 aliphatic carbocycles. The highest BCUT2D eigenvalue weighted by Gasteiger charge is 2.24. The summed E-state index contributed by atoms with van der Waals surface area (Å²) < 4.78 is 10.7. The van der Waals surface area contributed by atoms with Crippen LogP contribution < -0.4 is 5.32 Å². The summed E-state index contributed by atoms with van der Waals surface area (Å²) in [4.78, 5) is 4.36. The van der Waals surface area contributed by atoms with E-state index >= 15 is 0 Å². The first-order valence-electron chi connectivity index (χ1n) is 7.12. The maximum atomic E-state index is 5.97. The number of aromatic nitrogens is 2. The zero-order valence-corrected chi connectivity index (χ0v) is 12.6. The molecule has 0 spiro atoms. The predicted octanol–water partition coefficient (Wildman–Crippen LogP) is 2.89. The third-order valence-corrected chi connectivity index (χ3v) is 3.82. The van der Waals surface area contributed by atoms with Crippen LogP contribution in [0.5, 0.6) is 0 Å². The third kappa shape index (κ3) is 3.61. The van der Waals surface area contributed by atoms with Gasteiger partial charge in [-0.25, -0.2) is 0 Å². The van der Waals surface area contributed by atoms with Gasteiger partial charge in [0.05, 0.1) is 12.6 Å². The van der Waals surface area contributed by atoms with Crippen LogP contribution in [0.4, 0.5) is 0 Å². The van der Waals surface area contributed by atoms with Gasteiger partial charge < -0.3 is 9.26 Å². The van der Waals surface area contributed by atoms with E-state index in [0.29, 0.717) is 29.4 Å². The lowest BCUT2D eigenvalue weighted by Crippen LogP contribution is -2.39. The molecule has 1 aromatic heterocycles. The van der Waals surface area contributed by atoms with Crippen molar-refractivity contribution in [1.29, 1.82) is 0 Å². The molecule has 1 fully saturated rings. The molecule has 2 aromatic rings.